The Morgan fingerprint density at radius 1 is 1.10 bits per heavy atom. The van der Waals surface area contributed by atoms with Crippen molar-refractivity contribution >= 4 is 22.7 Å². The first-order valence-electron chi connectivity index (χ1n) is 11.5. The Bertz CT molecular complexity index is 949. The molecule has 2 aromatic rings. The van der Waals surface area contributed by atoms with Crippen molar-refractivity contribution in [2.45, 2.75) is 68.5 Å². The van der Waals surface area contributed by atoms with Crippen molar-refractivity contribution in [3.8, 4) is 0 Å². The van der Waals surface area contributed by atoms with Crippen LogP contribution >= 0.6 is 0 Å². The lowest BCUT2D eigenvalue weighted by Crippen LogP contribution is -2.60. The first-order chi connectivity index (χ1) is 15.1. The number of morpholine rings is 1. The van der Waals surface area contributed by atoms with Crippen LogP contribution in [0.3, 0.4) is 0 Å². The Morgan fingerprint density at radius 3 is 2.61 bits per heavy atom. The number of nitrogens with zero attached hydrogens (tertiary/aromatic N) is 1. The number of fused-ring (bicyclic) bond motifs is 1. The summed E-state index contributed by atoms with van der Waals surface area (Å²) in [5.41, 5.74) is 0.235. The van der Waals surface area contributed by atoms with Crippen LogP contribution in [0.4, 0.5) is 0 Å². The molecular formula is C23H31N5O3. The highest BCUT2D eigenvalue weighted by Crippen LogP contribution is 2.34. The number of aromatic nitrogens is 2. The van der Waals surface area contributed by atoms with Crippen molar-refractivity contribution in [2.75, 3.05) is 19.7 Å². The van der Waals surface area contributed by atoms with Gasteiger partial charge in [-0.1, -0.05) is 31.0 Å². The summed E-state index contributed by atoms with van der Waals surface area (Å²) in [4.78, 5) is 26.5. The molecule has 3 fully saturated rings. The van der Waals surface area contributed by atoms with E-state index in [2.05, 4.69) is 26.1 Å². The Balaban J connectivity index is 1.25. The molecule has 31 heavy (non-hydrogen) atoms. The van der Waals surface area contributed by atoms with Gasteiger partial charge in [0.25, 0.3) is 5.91 Å². The molecule has 0 atom stereocenters. The summed E-state index contributed by atoms with van der Waals surface area (Å²) in [5.74, 6) is -0.347. The highest BCUT2D eigenvalue weighted by atomic mass is 16.5. The molecule has 1 aromatic heterocycles. The van der Waals surface area contributed by atoms with Gasteiger partial charge in [0.1, 0.15) is 5.54 Å². The van der Waals surface area contributed by atoms with Gasteiger partial charge in [0, 0.05) is 24.5 Å². The van der Waals surface area contributed by atoms with E-state index < -0.39 is 5.54 Å². The molecule has 2 aliphatic carbocycles. The fourth-order valence-electron chi connectivity index (χ4n) is 5.44. The highest BCUT2D eigenvalue weighted by molar-refractivity contribution is 6.06. The van der Waals surface area contributed by atoms with Crippen LogP contribution in [0, 0.1) is 0 Å². The lowest BCUT2D eigenvalue weighted by Gasteiger charge is -2.43. The van der Waals surface area contributed by atoms with E-state index >= 15 is 0 Å². The maximum atomic E-state index is 13.4. The number of aromatic amines is 1. The second-order valence-electron chi connectivity index (χ2n) is 9.32. The number of benzene rings is 1. The molecule has 2 amide bonds. The monoisotopic (exact) mass is 425 g/mol. The zero-order valence-electron chi connectivity index (χ0n) is 17.8. The van der Waals surface area contributed by atoms with Gasteiger partial charge in [-0.05, 0) is 44.6 Å². The van der Waals surface area contributed by atoms with Gasteiger partial charge in [-0.2, -0.15) is 5.10 Å². The Kier molecular flexibility index (Phi) is 5.44. The summed E-state index contributed by atoms with van der Waals surface area (Å²) in [5, 5.41) is 17.6. The van der Waals surface area contributed by atoms with Gasteiger partial charge in [0.2, 0.25) is 5.91 Å². The zero-order chi connectivity index (χ0) is 21.3. The second kappa shape index (κ2) is 8.24. The molecule has 3 aliphatic rings. The summed E-state index contributed by atoms with van der Waals surface area (Å²) in [6.45, 7) is 2.56. The van der Waals surface area contributed by atoms with Crippen LogP contribution in [0.25, 0.3) is 10.9 Å². The highest BCUT2D eigenvalue weighted by Gasteiger charge is 2.45. The minimum Gasteiger partial charge on any atom is -0.372 e. The molecule has 0 unspecified atom stereocenters. The quantitative estimate of drug-likeness (QED) is 0.599. The molecule has 1 aliphatic heterocycles. The number of rotatable bonds is 4. The van der Waals surface area contributed by atoms with Gasteiger partial charge in [-0.3, -0.25) is 14.7 Å². The molecule has 166 valence electrons. The third-order valence-corrected chi connectivity index (χ3v) is 7.30. The van der Waals surface area contributed by atoms with E-state index in [0.717, 1.165) is 69.1 Å². The van der Waals surface area contributed by atoms with Crippen LogP contribution < -0.4 is 16.0 Å². The number of carbonyl (C=O) groups excluding carboxylic acids is 2. The Morgan fingerprint density at radius 2 is 1.87 bits per heavy atom. The first-order valence-corrected chi connectivity index (χ1v) is 11.5. The van der Waals surface area contributed by atoms with Gasteiger partial charge in [0.15, 0.2) is 5.69 Å². The predicted molar refractivity (Wildman–Crippen MR) is 117 cm³/mol. The summed E-state index contributed by atoms with van der Waals surface area (Å²) in [7, 11) is 0. The smallest absolute Gasteiger partial charge is 0.273 e. The number of carbonyl (C=O) groups is 2. The molecule has 4 N–H and O–H groups in total. The fourth-order valence-corrected chi connectivity index (χ4v) is 5.44. The van der Waals surface area contributed by atoms with E-state index in [1.165, 1.54) is 0 Å². The number of H-pyrrole nitrogens is 1. The third-order valence-electron chi connectivity index (χ3n) is 7.30. The van der Waals surface area contributed by atoms with E-state index in [0.29, 0.717) is 18.5 Å². The molecule has 1 saturated heterocycles. The minimum atomic E-state index is -0.852. The van der Waals surface area contributed by atoms with Crippen molar-refractivity contribution in [3.05, 3.63) is 30.0 Å². The maximum absolute atomic E-state index is 13.4. The SMILES string of the molecule is O=C(NC1(C(=O)NC2CCC3(CC2)CNCCO3)CCCC1)c1n[nH]c2ccccc12. The average Bonchev–Trinajstić information content (AvgIpc) is 3.44. The standard InChI is InChI=1S/C23H31N5O3/c29-20(19-17-5-1-2-6-18(17)27-28-19)26-23(9-3-4-10-23)21(30)25-16-7-11-22(12-8-16)15-24-13-14-31-22/h1-2,5-6,16,24H,3-4,7-15H2,(H,25,30)(H,26,29)(H,27,28). The van der Waals surface area contributed by atoms with E-state index in [1.54, 1.807) is 0 Å². The van der Waals surface area contributed by atoms with Crippen LogP contribution in [0.5, 0.6) is 0 Å². The molecule has 0 radical (unpaired) electrons. The van der Waals surface area contributed by atoms with E-state index in [4.69, 9.17) is 4.74 Å². The van der Waals surface area contributed by atoms with Crippen molar-refractivity contribution in [2.24, 2.45) is 0 Å². The Labute approximate surface area is 181 Å². The molecule has 8 heteroatoms. The van der Waals surface area contributed by atoms with Crippen LogP contribution in [-0.4, -0.2) is 58.9 Å². The minimum absolute atomic E-state index is 0.0539. The topological polar surface area (TPSA) is 108 Å². The second-order valence-corrected chi connectivity index (χ2v) is 9.32. The zero-order valence-corrected chi connectivity index (χ0v) is 17.8. The number of ether oxygens (including phenoxy) is 1. The van der Waals surface area contributed by atoms with E-state index in [9.17, 15) is 9.59 Å². The number of hydrogen-bond donors (Lipinski definition) is 4. The normalized spacial score (nSPS) is 27.9. The van der Waals surface area contributed by atoms with Gasteiger partial charge < -0.3 is 20.7 Å². The molecule has 0 bridgehead atoms. The van der Waals surface area contributed by atoms with E-state index in [1.807, 2.05) is 24.3 Å². The van der Waals surface area contributed by atoms with Crippen LogP contribution in [-0.2, 0) is 9.53 Å². The summed E-state index contributed by atoms with van der Waals surface area (Å²) < 4.78 is 6.07. The number of hydrogen-bond acceptors (Lipinski definition) is 5. The predicted octanol–water partition coefficient (Wildman–Crippen LogP) is 2.02. The summed E-state index contributed by atoms with van der Waals surface area (Å²) in [6.07, 6.45) is 6.90. The average molecular weight is 426 g/mol. The maximum Gasteiger partial charge on any atom is 0.273 e. The van der Waals surface area contributed by atoms with Crippen molar-refractivity contribution < 1.29 is 14.3 Å². The molecule has 1 aromatic carbocycles. The van der Waals surface area contributed by atoms with Gasteiger partial charge in [-0.15, -0.1) is 0 Å². The van der Waals surface area contributed by atoms with Crippen molar-refractivity contribution in [3.63, 3.8) is 0 Å². The molecule has 2 heterocycles. The molecule has 2 saturated carbocycles. The molecular weight excluding hydrogens is 394 g/mol. The van der Waals surface area contributed by atoms with Gasteiger partial charge >= 0.3 is 0 Å². The molecule has 1 spiro atoms. The number of nitrogens with one attached hydrogen (secondary N) is 4. The lowest BCUT2D eigenvalue weighted by molar-refractivity contribution is -0.129. The van der Waals surface area contributed by atoms with Crippen LogP contribution in [0.15, 0.2) is 24.3 Å². The van der Waals surface area contributed by atoms with Crippen molar-refractivity contribution in [1.29, 1.82) is 0 Å². The third kappa shape index (κ3) is 3.94. The first kappa shape index (κ1) is 20.5. The molecule has 8 nitrogen and oxygen atoms in total. The fraction of sp³-hybridized carbons (Fsp3) is 0.609. The van der Waals surface area contributed by atoms with Crippen LogP contribution in [0.1, 0.15) is 61.9 Å². The summed E-state index contributed by atoms with van der Waals surface area (Å²) >= 11 is 0. The molecule has 5 rings (SSSR count). The van der Waals surface area contributed by atoms with Crippen molar-refractivity contribution in [1.82, 2.24) is 26.1 Å². The van der Waals surface area contributed by atoms with Crippen LogP contribution in [0.2, 0.25) is 0 Å². The largest absolute Gasteiger partial charge is 0.372 e. The Hall–Kier alpha value is -2.45. The summed E-state index contributed by atoms with van der Waals surface area (Å²) in [6, 6.07) is 7.67. The number of para-hydroxylation sites is 1. The number of amides is 2. The van der Waals surface area contributed by atoms with Gasteiger partial charge in [0.05, 0.1) is 17.7 Å². The lowest BCUT2D eigenvalue weighted by atomic mass is 9.81. The van der Waals surface area contributed by atoms with Gasteiger partial charge in [-0.25, -0.2) is 0 Å². The van der Waals surface area contributed by atoms with E-state index in [-0.39, 0.29) is 23.5 Å².